The smallest absolute Gasteiger partial charge is 0.123 e. The Morgan fingerprint density at radius 3 is 1.42 bits per heavy atom. The molecule has 24 heavy (non-hydrogen) atoms. The first-order valence-corrected chi connectivity index (χ1v) is 8.82. The van der Waals surface area contributed by atoms with Crippen LogP contribution in [-0.4, -0.2) is 5.11 Å². The molecule has 2 aromatic rings. The Hall–Kier alpha value is -1.76. The van der Waals surface area contributed by atoms with E-state index in [1.54, 1.807) is 0 Å². The van der Waals surface area contributed by atoms with Crippen molar-refractivity contribution < 1.29 is 5.11 Å². The minimum Gasteiger partial charge on any atom is -0.507 e. The Balaban J connectivity index is 2.58. The molecule has 1 N–H and O–H groups in total. The average molecular weight is 325 g/mol. The molecule has 0 atom stereocenters. The Morgan fingerprint density at radius 2 is 1.04 bits per heavy atom. The summed E-state index contributed by atoms with van der Waals surface area (Å²) in [6, 6.07) is 11.1. The standard InChI is InChI=1S/C23H32O/c1-15-9-16(2)11-17(10-15)12-18-13-19(22(3,4)5)21(24)20(14-18)23(6,7)8/h9-11,13-14,24H,12H2,1-8H3. The van der Waals surface area contributed by atoms with E-state index in [1.165, 1.54) is 22.3 Å². The number of benzene rings is 2. The molecule has 0 unspecified atom stereocenters. The van der Waals surface area contributed by atoms with Crippen LogP contribution in [0, 0.1) is 13.8 Å². The third-order valence-electron chi connectivity index (χ3n) is 4.48. The number of aromatic hydroxyl groups is 1. The molecular weight excluding hydrogens is 292 g/mol. The third kappa shape index (κ3) is 4.20. The minimum absolute atomic E-state index is 0.0807. The summed E-state index contributed by atoms with van der Waals surface area (Å²) >= 11 is 0. The highest BCUT2D eigenvalue weighted by Crippen LogP contribution is 2.40. The summed E-state index contributed by atoms with van der Waals surface area (Å²) in [4.78, 5) is 0. The second-order valence-corrected chi connectivity index (χ2v) is 9.21. The molecule has 130 valence electrons. The third-order valence-corrected chi connectivity index (χ3v) is 4.48. The van der Waals surface area contributed by atoms with Gasteiger partial charge in [0.1, 0.15) is 5.75 Å². The van der Waals surface area contributed by atoms with Gasteiger partial charge in [0.05, 0.1) is 0 Å². The van der Waals surface area contributed by atoms with Crippen LogP contribution < -0.4 is 0 Å². The summed E-state index contributed by atoms with van der Waals surface area (Å²) in [6.07, 6.45) is 0.898. The van der Waals surface area contributed by atoms with Crippen LogP contribution in [-0.2, 0) is 17.3 Å². The van der Waals surface area contributed by atoms with E-state index in [4.69, 9.17) is 0 Å². The number of phenolic OH excluding ortho intramolecular Hbond substituents is 1. The van der Waals surface area contributed by atoms with E-state index in [1.807, 2.05) is 0 Å². The molecule has 0 aliphatic carbocycles. The van der Waals surface area contributed by atoms with Gasteiger partial charge in [-0.3, -0.25) is 0 Å². The summed E-state index contributed by atoms with van der Waals surface area (Å²) < 4.78 is 0. The molecule has 0 spiro atoms. The summed E-state index contributed by atoms with van der Waals surface area (Å²) in [5.74, 6) is 0.458. The highest BCUT2D eigenvalue weighted by molar-refractivity contribution is 5.51. The van der Waals surface area contributed by atoms with E-state index >= 15 is 0 Å². The zero-order valence-corrected chi connectivity index (χ0v) is 16.5. The number of hydrogen-bond acceptors (Lipinski definition) is 1. The molecule has 2 rings (SSSR count). The van der Waals surface area contributed by atoms with E-state index in [-0.39, 0.29) is 10.8 Å². The van der Waals surface area contributed by atoms with Crippen molar-refractivity contribution in [2.75, 3.05) is 0 Å². The fraction of sp³-hybridized carbons (Fsp3) is 0.478. The van der Waals surface area contributed by atoms with Crippen LogP contribution in [0.1, 0.15) is 74.9 Å². The number of aryl methyl sites for hydroxylation is 2. The lowest BCUT2D eigenvalue weighted by Crippen LogP contribution is -2.18. The molecule has 2 aromatic carbocycles. The van der Waals surface area contributed by atoms with Gasteiger partial charge in [-0.1, -0.05) is 83.0 Å². The Labute approximate surface area is 147 Å². The number of hydrogen-bond donors (Lipinski definition) is 1. The van der Waals surface area contributed by atoms with Crippen molar-refractivity contribution in [2.24, 2.45) is 0 Å². The van der Waals surface area contributed by atoms with Gasteiger partial charge >= 0.3 is 0 Å². The highest BCUT2D eigenvalue weighted by atomic mass is 16.3. The van der Waals surface area contributed by atoms with Crippen molar-refractivity contribution in [1.29, 1.82) is 0 Å². The van der Waals surface area contributed by atoms with Gasteiger partial charge in [0.25, 0.3) is 0 Å². The van der Waals surface area contributed by atoms with Crippen LogP contribution in [0.5, 0.6) is 5.75 Å². The summed E-state index contributed by atoms with van der Waals surface area (Å²) in [7, 11) is 0. The lowest BCUT2D eigenvalue weighted by molar-refractivity contribution is 0.423. The number of phenols is 1. The second kappa shape index (κ2) is 6.27. The monoisotopic (exact) mass is 324 g/mol. The van der Waals surface area contributed by atoms with Crippen molar-refractivity contribution in [1.82, 2.24) is 0 Å². The van der Waals surface area contributed by atoms with Crippen LogP contribution in [0.4, 0.5) is 0 Å². The van der Waals surface area contributed by atoms with Gasteiger partial charge in [0.2, 0.25) is 0 Å². The maximum absolute atomic E-state index is 10.8. The van der Waals surface area contributed by atoms with Gasteiger partial charge in [0.15, 0.2) is 0 Å². The predicted octanol–water partition coefficient (Wildman–Crippen LogP) is 6.19. The van der Waals surface area contributed by atoms with E-state index in [2.05, 4.69) is 85.7 Å². The fourth-order valence-corrected chi connectivity index (χ4v) is 3.35. The SMILES string of the molecule is Cc1cc(C)cc(Cc2cc(C(C)(C)C)c(O)c(C(C)(C)C)c2)c1. The van der Waals surface area contributed by atoms with Crippen LogP contribution in [0.15, 0.2) is 30.3 Å². The first-order chi connectivity index (χ1) is 10.9. The molecule has 1 heteroatoms. The van der Waals surface area contributed by atoms with Crippen molar-refractivity contribution in [2.45, 2.75) is 72.6 Å². The summed E-state index contributed by atoms with van der Waals surface area (Å²) in [5, 5.41) is 10.8. The first kappa shape index (κ1) is 18.6. The molecule has 1 nitrogen and oxygen atoms in total. The van der Waals surface area contributed by atoms with Gasteiger partial charge in [-0.15, -0.1) is 0 Å². The maximum atomic E-state index is 10.8. The van der Waals surface area contributed by atoms with Crippen molar-refractivity contribution >= 4 is 0 Å². The Bertz CT molecular complexity index is 684. The predicted molar refractivity (Wildman–Crippen MR) is 104 cm³/mol. The van der Waals surface area contributed by atoms with Gasteiger partial charge in [-0.05, 0) is 53.4 Å². The Kier molecular flexibility index (Phi) is 4.86. The quantitative estimate of drug-likeness (QED) is 0.698. The molecule has 0 radical (unpaired) electrons. The molecular formula is C23H32O. The van der Waals surface area contributed by atoms with Gasteiger partial charge in [0, 0.05) is 0 Å². The number of rotatable bonds is 2. The van der Waals surface area contributed by atoms with E-state index in [0.29, 0.717) is 5.75 Å². The lowest BCUT2D eigenvalue weighted by atomic mass is 9.78. The lowest BCUT2D eigenvalue weighted by Gasteiger charge is -2.28. The van der Waals surface area contributed by atoms with Crippen LogP contribution in [0.3, 0.4) is 0 Å². The van der Waals surface area contributed by atoms with E-state index < -0.39 is 0 Å². The molecule has 0 amide bonds. The van der Waals surface area contributed by atoms with Gasteiger partial charge in [-0.25, -0.2) is 0 Å². The largest absolute Gasteiger partial charge is 0.507 e. The van der Waals surface area contributed by atoms with E-state index in [9.17, 15) is 5.11 Å². The normalized spacial score (nSPS) is 12.5. The molecule has 0 heterocycles. The molecule has 0 fully saturated rings. The Morgan fingerprint density at radius 1 is 0.667 bits per heavy atom. The highest BCUT2D eigenvalue weighted by Gasteiger charge is 2.26. The molecule has 0 aliphatic rings. The van der Waals surface area contributed by atoms with Crippen molar-refractivity contribution in [3.63, 3.8) is 0 Å². The molecule has 0 aromatic heterocycles. The second-order valence-electron chi connectivity index (χ2n) is 9.21. The van der Waals surface area contributed by atoms with Crippen LogP contribution in [0.2, 0.25) is 0 Å². The van der Waals surface area contributed by atoms with Crippen LogP contribution >= 0.6 is 0 Å². The topological polar surface area (TPSA) is 20.2 Å². The van der Waals surface area contributed by atoms with Crippen molar-refractivity contribution in [3.8, 4) is 5.75 Å². The minimum atomic E-state index is -0.0807. The zero-order chi connectivity index (χ0) is 18.3. The van der Waals surface area contributed by atoms with Gasteiger partial charge < -0.3 is 5.11 Å². The molecule has 0 saturated heterocycles. The summed E-state index contributed by atoms with van der Waals surface area (Å²) in [5.41, 5.74) is 7.12. The van der Waals surface area contributed by atoms with E-state index in [0.717, 1.165) is 17.5 Å². The zero-order valence-electron chi connectivity index (χ0n) is 16.5. The molecule has 0 saturated carbocycles. The first-order valence-electron chi connectivity index (χ1n) is 8.82. The fourth-order valence-electron chi connectivity index (χ4n) is 3.35. The van der Waals surface area contributed by atoms with Crippen molar-refractivity contribution in [3.05, 3.63) is 63.7 Å². The summed E-state index contributed by atoms with van der Waals surface area (Å²) in [6.45, 7) is 17.3. The molecule has 0 bridgehead atoms. The van der Waals surface area contributed by atoms with Gasteiger partial charge in [-0.2, -0.15) is 0 Å². The van der Waals surface area contributed by atoms with Crippen LogP contribution in [0.25, 0.3) is 0 Å². The maximum Gasteiger partial charge on any atom is 0.123 e. The average Bonchev–Trinajstić information content (AvgIpc) is 2.36. The molecule has 0 aliphatic heterocycles.